The molecule has 9 nitrogen and oxygen atoms in total. The summed E-state index contributed by atoms with van der Waals surface area (Å²) in [6.45, 7) is 8.07. The Kier molecular flexibility index (Phi) is 7.65. The van der Waals surface area contributed by atoms with Crippen molar-refractivity contribution in [2.45, 2.75) is 51.4 Å². The molecule has 210 valence electrons. The summed E-state index contributed by atoms with van der Waals surface area (Å²) in [6, 6.07) is 8.11. The van der Waals surface area contributed by atoms with E-state index in [4.69, 9.17) is 4.98 Å². The zero-order valence-corrected chi connectivity index (χ0v) is 24.0. The summed E-state index contributed by atoms with van der Waals surface area (Å²) in [7, 11) is -1.23. The molecule has 0 spiro atoms. The van der Waals surface area contributed by atoms with Gasteiger partial charge in [0.2, 0.25) is 5.95 Å². The Morgan fingerprint density at radius 3 is 2.59 bits per heavy atom. The highest BCUT2D eigenvalue weighted by atomic mass is 32.2. The first-order valence-corrected chi connectivity index (χ1v) is 15.6. The maximum atomic E-state index is 14.5. The number of piperidine rings is 1. The van der Waals surface area contributed by atoms with Crippen molar-refractivity contribution < 1.29 is 12.8 Å². The second kappa shape index (κ2) is 10.8. The van der Waals surface area contributed by atoms with E-state index in [9.17, 15) is 12.8 Å². The highest BCUT2D eigenvalue weighted by molar-refractivity contribution is 7.90. The molecule has 0 bridgehead atoms. The Bertz CT molecular complexity index is 1450. The van der Waals surface area contributed by atoms with Gasteiger partial charge in [-0.15, -0.1) is 0 Å². The van der Waals surface area contributed by atoms with Crippen molar-refractivity contribution in [3.05, 3.63) is 42.2 Å². The summed E-state index contributed by atoms with van der Waals surface area (Å²) >= 11 is 0. The third kappa shape index (κ3) is 5.79. The molecule has 2 aliphatic heterocycles. The minimum Gasteiger partial charge on any atom is -0.368 e. The SMILES string of the molecule is CN[C@H]1CCN(c2nccc(Nc3cc4c(C(C)C)ccc(N5C[C@H](CS(C)(=O)=O)[C@H]5C)c4cn3)n2)C[C@H]1F. The Morgan fingerprint density at radius 1 is 1.13 bits per heavy atom. The van der Waals surface area contributed by atoms with E-state index in [2.05, 4.69) is 58.4 Å². The van der Waals surface area contributed by atoms with Gasteiger partial charge in [-0.1, -0.05) is 19.9 Å². The van der Waals surface area contributed by atoms with Crippen LogP contribution < -0.4 is 20.4 Å². The lowest BCUT2D eigenvalue weighted by Crippen LogP contribution is -2.57. The molecule has 2 aromatic heterocycles. The van der Waals surface area contributed by atoms with Crippen LogP contribution in [0.25, 0.3) is 10.8 Å². The van der Waals surface area contributed by atoms with Crippen LogP contribution in [0.2, 0.25) is 0 Å². The molecule has 0 saturated carbocycles. The predicted octanol–water partition coefficient (Wildman–Crippen LogP) is 3.90. The van der Waals surface area contributed by atoms with Gasteiger partial charge in [-0.3, -0.25) is 0 Å². The van der Waals surface area contributed by atoms with Crippen LogP contribution in [0.3, 0.4) is 0 Å². The summed E-state index contributed by atoms with van der Waals surface area (Å²) < 4.78 is 38.2. The number of anilines is 4. The Labute approximate surface area is 230 Å². The number of pyridine rings is 1. The smallest absolute Gasteiger partial charge is 0.227 e. The van der Waals surface area contributed by atoms with Crippen molar-refractivity contribution in [1.82, 2.24) is 20.3 Å². The van der Waals surface area contributed by atoms with Crippen LogP contribution in [-0.4, -0.2) is 80.3 Å². The molecule has 0 radical (unpaired) electrons. The van der Waals surface area contributed by atoms with Crippen molar-refractivity contribution in [3.8, 4) is 0 Å². The van der Waals surface area contributed by atoms with E-state index in [1.54, 1.807) is 19.3 Å². The molecule has 3 aromatic rings. The van der Waals surface area contributed by atoms with Gasteiger partial charge in [-0.2, -0.15) is 4.98 Å². The first kappa shape index (κ1) is 27.5. The van der Waals surface area contributed by atoms with Crippen molar-refractivity contribution >= 4 is 43.9 Å². The number of nitrogens with zero attached hydrogens (tertiary/aromatic N) is 5. The molecule has 5 rings (SSSR count). The molecule has 2 fully saturated rings. The number of aromatic nitrogens is 3. The number of hydrogen-bond acceptors (Lipinski definition) is 9. The molecule has 4 heterocycles. The number of nitrogens with one attached hydrogen (secondary N) is 2. The number of alkyl halides is 1. The first-order valence-electron chi connectivity index (χ1n) is 13.6. The molecule has 0 amide bonds. The predicted molar refractivity (Wildman–Crippen MR) is 156 cm³/mol. The Morgan fingerprint density at radius 2 is 1.92 bits per heavy atom. The zero-order valence-electron chi connectivity index (χ0n) is 23.2. The lowest BCUT2D eigenvalue weighted by atomic mass is 9.88. The average molecular weight is 556 g/mol. The van der Waals surface area contributed by atoms with Gasteiger partial charge in [-0.25, -0.2) is 22.8 Å². The van der Waals surface area contributed by atoms with Gasteiger partial charge < -0.3 is 20.4 Å². The van der Waals surface area contributed by atoms with Crippen molar-refractivity contribution in [2.75, 3.05) is 53.8 Å². The van der Waals surface area contributed by atoms with Crippen molar-refractivity contribution in [1.29, 1.82) is 0 Å². The van der Waals surface area contributed by atoms with E-state index < -0.39 is 16.0 Å². The highest BCUT2D eigenvalue weighted by Gasteiger charge is 2.38. The summed E-state index contributed by atoms with van der Waals surface area (Å²) in [4.78, 5) is 17.9. The van der Waals surface area contributed by atoms with Crippen LogP contribution in [0.1, 0.15) is 38.7 Å². The molecule has 0 aliphatic carbocycles. The van der Waals surface area contributed by atoms with E-state index in [0.29, 0.717) is 43.0 Å². The second-order valence-corrected chi connectivity index (χ2v) is 13.4. The highest BCUT2D eigenvalue weighted by Crippen LogP contribution is 2.39. The Balaban J connectivity index is 1.40. The number of sulfone groups is 1. The number of hydrogen-bond donors (Lipinski definition) is 2. The third-order valence-corrected chi connectivity index (χ3v) is 9.09. The molecule has 2 N–H and O–H groups in total. The molecule has 11 heteroatoms. The van der Waals surface area contributed by atoms with Gasteiger partial charge in [-0.05, 0) is 55.5 Å². The average Bonchev–Trinajstić information content (AvgIpc) is 2.89. The molecule has 0 unspecified atom stereocenters. The number of halogens is 1. The van der Waals surface area contributed by atoms with Crippen LogP contribution in [0.15, 0.2) is 36.7 Å². The van der Waals surface area contributed by atoms with E-state index in [1.165, 1.54) is 11.8 Å². The summed E-state index contributed by atoms with van der Waals surface area (Å²) in [6.07, 6.45) is 4.57. The summed E-state index contributed by atoms with van der Waals surface area (Å²) in [5.74, 6) is 2.40. The van der Waals surface area contributed by atoms with E-state index in [1.807, 2.05) is 17.2 Å². The van der Waals surface area contributed by atoms with Crippen LogP contribution in [-0.2, 0) is 9.84 Å². The lowest BCUT2D eigenvalue weighted by Gasteiger charge is -2.48. The molecular formula is C28H38FN7O2S. The topological polar surface area (TPSA) is 103 Å². The van der Waals surface area contributed by atoms with Crippen molar-refractivity contribution in [2.24, 2.45) is 5.92 Å². The number of rotatable bonds is 8. The molecular weight excluding hydrogens is 517 g/mol. The second-order valence-electron chi connectivity index (χ2n) is 11.2. The summed E-state index contributed by atoms with van der Waals surface area (Å²) in [5, 5.41) is 8.50. The van der Waals surface area contributed by atoms with Gasteiger partial charge in [0.15, 0.2) is 0 Å². The van der Waals surface area contributed by atoms with Gasteiger partial charge in [0.25, 0.3) is 0 Å². The lowest BCUT2D eigenvalue weighted by molar-refractivity contribution is 0.226. The maximum absolute atomic E-state index is 14.5. The Hall–Kier alpha value is -3.05. The zero-order chi connectivity index (χ0) is 27.9. The third-order valence-electron chi connectivity index (χ3n) is 8.06. The molecule has 2 saturated heterocycles. The van der Waals surface area contributed by atoms with Crippen molar-refractivity contribution in [3.63, 3.8) is 0 Å². The van der Waals surface area contributed by atoms with E-state index in [0.717, 1.165) is 16.5 Å². The molecule has 1 aromatic carbocycles. The standard InChI is InChI=1S/C28H38FN7O2S/c1-17(2)20-6-7-25(36-14-19(18(36)3)16-39(5,37)38)22-13-32-27(12-21(20)22)33-26-8-10-31-28(34-26)35-11-9-24(30-4)23(29)15-35/h6-8,10,12-13,17-19,23-24,30H,9,11,14-16H2,1-5H3,(H,31,32,33,34)/t18-,19-,23-,24+/m1/s1. The quantitative estimate of drug-likeness (QED) is 0.428. The maximum Gasteiger partial charge on any atom is 0.227 e. The largest absolute Gasteiger partial charge is 0.368 e. The van der Waals surface area contributed by atoms with E-state index in [-0.39, 0.29) is 30.3 Å². The molecule has 2 aliphatic rings. The minimum atomic E-state index is -3.02. The van der Waals surface area contributed by atoms with Crippen LogP contribution in [0, 0.1) is 5.92 Å². The normalized spacial score (nSPS) is 23.8. The van der Waals surface area contributed by atoms with Gasteiger partial charge >= 0.3 is 0 Å². The fourth-order valence-corrected chi connectivity index (χ4v) is 6.93. The fourth-order valence-electron chi connectivity index (χ4n) is 5.77. The van der Waals surface area contributed by atoms with Crippen LogP contribution >= 0.6 is 0 Å². The monoisotopic (exact) mass is 555 g/mol. The van der Waals surface area contributed by atoms with Gasteiger partial charge in [0.1, 0.15) is 27.6 Å². The van der Waals surface area contributed by atoms with Gasteiger partial charge in [0, 0.05) is 60.8 Å². The fraction of sp³-hybridized carbons (Fsp3) is 0.536. The van der Waals surface area contributed by atoms with Gasteiger partial charge in [0.05, 0.1) is 12.3 Å². The van der Waals surface area contributed by atoms with E-state index >= 15 is 0 Å². The molecule has 39 heavy (non-hydrogen) atoms. The van der Waals surface area contributed by atoms with Crippen LogP contribution in [0.5, 0.6) is 0 Å². The number of benzene rings is 1. The van der Waals surface area contributed by atoms with Crippen LogP contribution in [0.4, 0.5) is 27.7 Å². The molecule has 4 atom stereocenters. The summed E-state index contributed by atoms with van der Waals surface area (Å²) in [5.41, 5.74) is 2.28. The number of fused-ring (bicyclic) bond motifs is 1. The minimum absolute atomic E-state index is 0.123. The first-order chi connectivity index (χ1) is 18.5.